The number of methoxy groups -OCH3 is 1. The Kier molecular flexibility index (Phi) is 11.5. The number of carboxylic acids is 1. The predicted molar refractivity (Wildman–Crippen MR) is 112 cm³/mol. The molecule has 2 rings (SSSR count). The maximum atomic E-state index is 12.8. The zero-order valence-electron chi connectivity index (χ0n) is 18.3. The average Bonchev–Trinajstić information content (AvgIpc) is 2.79. The number of ether oxygens (including phenoxy) is 1. The quantitative estimate of drug-likeness (QED) is 0.617. The Bertz CT molecular complexity index is 752. The molecule has 0 radical (unpaired) electrons. The smallest absolute Gasteiger partial charge is 0.490 e. The Morgan fingerprint density at radius 2 is 1.81 bits per heavy atom. The second kappa shape index (κ2) is 13.6. The Hall–Kier alpha value is -2.82. The first-order valence-electron chi connectivity index (χ1n) is 10.3. The third-order valence-corrected chi connectivity index (χ3v) is 4.69. The summed E-state index contributed by atoms with van der Waals surface area (Å²) < 4.78 is 36.9. The lowest BCUT2D eigenvalue weighted by atomic mass is 10.1. The second-order valence-electron chi connectivity index (χ2n) is 7.06. The molecule has 0 saturated carbocycles. The van der Waals surface area contributed by atoms with E-state index in [2.05, 4.69) is 12.2 Å². The van der Waals surface area contributed by atoms with Crippen molar-refractivity contribution in [2.24, 2.45) is 0 Å². The van der Waals surface area contributed by atoms with Crippen molar-refractivity contribution >= 4 is 17.8 Å². The van der Waals surface area contributed by atoms with Gasteiger partial charge in [0.1, 0.15) is 5.75 Å². The summed E-state index contributed by atoms with van der Waals surface area (Å²) >= 11 is 0. The van der Waals surface area contributed by atoms with E-state index in [0.717, 1.165) is 39.0 Å². The molecule has 1 aromatic rings. The molecule has 0 spiro atoms. The van der Waals surface area contributed by atoms with Gasteiger partial charge in [-0.15, -0.1) is 0 Å². The number of carboxylic acid groups (broad SMARTS) is 1. The summed E-state index contributed by atoms with van der Waals surface area (Å²) in [4.78, 5) is 37.8. The van der Waals surface area contributed by atoms with Crippen molar-refractivity contribution in [3.8, 4) is 5.75 Å². The lowest BCUT2D eigenvalue weighted by Gasteiger charge is -2.29. The largest absolute Gasteiger partial charge is 0.497 e. The van der Waals surface area contributed by atoms with Crippen LogP contribution in [0.1, 0.15) is 36.5 Å². The molecule has 0 bridgehead atoms. The number of halogens is 3. The summed E-state index contributed by atoms with van der Waals surface area (Å²) in [6, 6.07) is 7.18. The average molecular weight is 461 g/mol. The number of hydrogen-bond acceptors (Lipinski definition) is 5. The van der Waals surface area contributed by atoms with Crippen LogP contribution in [0.25, 0.3) is 0 Å². The number of carbonyl (C=O) groups is 3. The number of alkyl halides is 3. The summed E-state index contributed by atoms with van der Waals surface area (Å²) in [6.07, 6.45) is -2.77. The zero-order valence-corrected chi connectivity index (χ0v) is 18.3. The number of hydrogen-bond donors (Lipinski definition) is 2. The third kappa shape index (κ3) is 9.54. The molecule has 0 aliphatic carbocycles. The molecule has 1 aliphatic rings. The number of benzene rings is 1. The number of carbonyl (C=O) groups excluding carboxylic acids is 2. The highest BCUT2D eigenvalue weighted by atomic mass is 19.4. The van der Waals surface area contributed by atoms with E-state index < -0.39 is 12.1 Å². The maximum Gasteiger partial charge on any atom is 0.490 e. The van der Waals surface area contributed by atoms with Gasteiger partial charge in [-0.1, -0.05) is 19.4 Å². The lowest BCUT2D eigenvalue weighted by Crippen LogP contribution is -2.47. The molecular formula is C21H30F3N3O5. The molecule has 8 nitrogen and oxygen atoms in total. The van der Waals surface area contributed by atoms with E-state index in [1.54, 1.807) is 24.1 Å². The number of rotatable bonds is 8. The van der Waals surface area contributed by atoms with Gasteiger partial charge in [0.15, 0.2) is 0 Å². The number of unbranched alkanes of at least 4 members (excludes halogenated alkanes) is 1. The van der Waals surface area contributed by atoms with E-state index in [-0.39, 0.29) is 11.8 Å². The SMILES string of the molecule is CCCCN(CCC(=O)N1CCNCC1)C(=O)c1cccc(OC)c1.O=C(O)C(F)(F)F. The van der Waals surface area contributed by atoms with Crippen molar-refractivity contribution < 1.29 is 37.4 Å². The van der Waals surface area contributed by atoms with E-state index in [1.807, 2.05) is 17.0 Å². The fourth-order valence-electron chi connectivity index (χ4n) is 2.91. The summed E-state index contributed by atoms with van der Waals surface area (Å²) in [6.45, 7) is 6.40. The van der Waals surface area contributed by atoms with Crippen LogP contribution in [0, 0.1) is 0 Å². The standard InChI is InChI=1S/C19H29N3O3.C2HF3O2/c1-3-4-11-22(12-8-18(23)21-13-9-20-10-14-21)19(24)16-6-5-7-17(15-16)25-2;3-2(4,5)1(6)7/h5-7,15,20H,3-4,8-14H2,1-2H3;(H,6,7). The monoisotopic (exact) mass is 461 g/mol. The van der Waals surface area contributed by atoms with E-state index in [1.165, 1.54) is 0 Å². The Morgan fingerprint density at radius 1 is 1.19 bits per heavy atom. The highest BCUT2D eigenvalue weighted by molar-refractivity contribution is 5.94. The van der Waals surface area contributed by atoms with Crippen molar-refractivity contribution in [1.29, 1.82) is 0 Å². The molecule has 2 N–H and O–H groups in total. The first-order valence-corrected chi connectivity index (χ1v) is 10.3. The van der Waals surface area contributed by atoms with Crippen LogP contribution in [-0.2, 0) is 9.59 Å². The highest BCUT2D eigenvalue weighted by Crippen LogP contribution is 2.15. The number of nitrogens with zero attached hydrogens (tertiary/aromatic N) is 2. The maximum absolute atomic E-state index is 12.8. The second-order valence-corrected chi connectivity index (χ2v) is 7.06. The third-order valence-electron chi connectivity index (χ3n) is 4.69. The van der Waals surface area contributed by atoms with Crippen LogP contribution in [-0.4, -0.2) is 85.2 Å². The first-order chi connectivity index (χ1) is 15.1. The number of amides is 2. The van der Waals surface area contributed by atoms with Gasteiger partial charge in [0.2, 0.25) is 5.91 Å². The fraction of sp³-hybridized carbons (Fsp3) is 0.571. The minimum absolute atomic E-state index is 0.0412. The van der Waals surface area contributed by atoms with Gasteiger partial charge in [0, 0.05) is 51.3 Å². The molecule has 0 unspecified atom stereocenters. The minimum Gasteiger partial charge on any atom is -0.497 e. The molecule has 1 fully saturated rings. The summed E-state index contributed by atoms with van der Waals surface area (Å²) in [5.74, 6) is -2.01. The van der Waals surface area contributed by atoms with Gasteiger partial charge in [0.05, 0.1) is 7.11 Å². The van der Waals surface area contributed by atoms with E-state index in [0.29, 0.717) is 30.8 Å². The molecule has 2 amide bonds. The summed E-state index contributed by atoms with van der Waals surface area (Å²) in [7, 11) is 1.59. The molecular weight excluding hydrogens is 431 g/mol. The number of piperazine rings is 1. The van der Waals surface area contributed by atoms with Crippen molar-refractivity contribution in [2.45, 2.75) is 32.4 Å². The molecule has 0 atom stereocenters. The van der Waals surface area contributed by atoms with Crippen LogP contribution in [0.15, 0.2) is 24.3 Å². The predicted octanol–water partition coefficient (Wildman–Crippen LogP) is 2.39. The van der Waals surface area contributed by atoms with Gasteiger partial charge in [-0.25, -0.2) is 4.79 Å². The molecule has 180 valence electrons. The van der Waals surface area contributed by atoms with Crippen LogP contribution in [0.3, 0.4) is 0 Å². The van der Waals surface area contributed by atoms with Gasteiger partial charge in [-0.2, -0.15) is 13.2 Å². The highest BCUT2D eigenvalue weighted by Gasteiger charge is 2.38. The van der Waals surface area contributed by atoms with Gasteiger partial charge in [-0.05, 0) is 24.6 Å². The van der Waals surface area contributed by atoms with Gasteiger partial charge < -0.3 is 25.0 Å². The molecule has 1 saturated heterocycles. The van der Waals surface area contributed by atoms with Crippen LogP contribution in [0.2, 0.25) is 0 Å². The Morgan fingerprint density at radius 3 is 2.34 bits per heavy atom. The van der Waals surface area contributed by atoms with E-state index in [9.17, 15) is 22.8 Å². The van der Waals surface area contributed by atoms with E-state index >= 15 is 0 Å². The van der Waals surface area contributed by atoms with Crippen LogP contribution in [0.4, 0.5) is 13.2 Å². The molecule has 11 heteroatoms. The number of nitrogens with one attached hydrogen (secondary N) is 1. The van der Waals surface area contributed by atoms with E-state index in [4.69, 9.17) is 14.6 Å². The normalized spacial score (nSPS) is 13.6. The van der Waals surface area contributed by atoms with Crippen LogP contribution >= 0.6 is 0 Å². The Balaban J connectivity index is 0.000000633. The number of aliphatic carboxylic acids is 1. The zero-order chi connectivity index (χ0) is 24.1. The molecule has 1 aromatic carbocycles. The molecule has 32 heavy (non-hydrogen) atoms. The lowest BCUT2D eigenvalue weighted by molar-refractivity contribution is -0.192. The van der Waals surface area contributed by atoms with Crippen LogP contribution < -0.4 is 10.1 Å². The summed E-state index contributed by atoms with van der Waals surface area (Å²) in [5.41, 5.74) is 0.602. The Labute approximate surface area is 185 Å². The molecule has 0 aromatic heterocycles. The van der Waals surface area contributed by atoms with Crippen LogP contribution in [0.5, 0.6) is 5.75 Å². The minimum atomic E-state index is -5.08. The van der Waals surface area contributed by atoms with Gasteiger partial charge >= 0.3 is 12.1 Å². The van der Waals surface area contributed by atoms with Crippen molar-refractivity contribution in [2.75, 3.05) is 46.4 Å². The van der Waals surface area contributed by atoms with Gasteiger partial charge in [-0.3, -0.25) is 9.59 Å². The first kappa shape index (κ1) is 27.2. The van der Waals surface area contributed by atoms with Crippen molar-refractivity contribution in [1.82, 2.24) is 15.1 Å². The van der Waals surface area contributed by atoms with Crippen molar-refractivity contribution in [3.05, 3.63) is 29.8 Å². The van der Waals surface area contributed by atoms with Gasteiger partial charge in [0.25, 0.3) is 5.91 Å². The molecule has 1 heterocycles. The topological polar surface area (TPSA) is 99.2 Å². The summed E-state index contributed by atoms with van der Waals surface area (Å²) in [5, 5.41) is 10.4. The van der Waals surface area contributed by atoms with Crippen molar-refractivity contribution in [3.63, 3.8) is 0 Å². The molecule has 1 aliphatic heterocycles. The fourth-order valence-corrected chi connectivity index (χ4v) is 2.91.